The minimum absolute atomic E-state index is 0. The predicted molar refractivity (Wildman–Crippen MR) is 51.4 cm³/mol. The third kappa shape index (κ3) is 14.6. The van der Waals surface area contributed by atoms with Gasteiger partial charge >= 0.3 is 51.4 Å². The Balaban J connectivity index is 0. The van der Waals surface area contributed by atoms with E-state index in [2.05, 4.69) is 12.2 Å². The number of carbonyl (C=O) groups is 2. The molecule has 0 aromatic heterocycles. The molecule has 15 heavy (non-hydrogen) atoms. The predicted octanol–water partition coefficient (Wildman–Crippen LogP) is -2.78. The fraction of sp³-hybridized carbons (Fsp3) is 0.800. The van der Waals surface area contributed by atoms with Crippen LogP contribution in [-0.4, -0.2) is 18.4 Å². The van der Waals surface area contributed by atoms with E-state index < -0.39 is 5.97 Å². The Kier molecular flexibility index (Phi) is 15.1. The number of unbranched alkanes of at least 4 members (excludes halogenated alkanes) is 4. The molecule has 0 aromatic carbocycles. The summed E-state index contributed by atoms with van der Waals surface area (Å²) in [5, 5.41) is 12.3. The summed E-state index contributed by atoms with van der Waals surface area (Å²) in [4.78, 5) is 21.0. The SMILES string of the molecule is CCCCCCCC(=O)NCC(=O)[O-].[K+]. The number of carbonyl (C=O) groups excluding carboxylic acids is 2. The summed E-state index contributed by atoms with van der Waals surface area (Å²) in [5.41, 5.74) is 0. The first-order valence-corrected chi connectivity index (χ1v) is 5.13. The monoisotopic (exact) mass is 239 g/mol. The van der Waals surface area contributed by atoms with Crippen LogP contribution in [0.15, 0.2) is 0 Å². The van der Waals surface area contributed by atoms with Gasteiger partial charge in [0.25, 0.3) is 0 Å². The molecule has 0 aliphatic heterocycles. The number of amides is 1. The van der Waals surface area contributed by atoms with Crippen LogP contribution < -0.4 is 61.8 Å². The maximum absolute atomic E-state index is 11.0. The molecule has 0 unspecified atom stereocenters. The maximum Gasteiger partial charge on any atom is 1.00 e. The summed E-state index contributed by atoms with van der Waals surface area (Å²) in [5.74, 6) is -1.45. The first-order valence-electron chi connectivity index (χ1n) is 5.13. The van der Waals surface area contributed by atoms with Crippen molar-refractivity contribution in [1.29, 1.82) is 0 Å². The summed E-state index contributed by atoms with van der Waals surface area (Å²) in [6.45, 7) is 1.75. The Labute approximate surface area is 134 Å². The van der Waals surface area contributed by atoms with Crippen molar-refractivity contribution in [2.75, 3.05) is 6.54 Å². The summed E-state index contributed by atoms with van der Waals surface area (Å²) in [6.07, 6.45) is 5.80. The molecule has 0 aliphatic carbocycles. The number of aliphatic carboxylic acids is 1. The molecular formula is C10H18KNO3. The second-order valence-corrected chi connectivity index (χ2v) is 3.31. The smallest absolute Gasteiger partial charge is 0.548 e. The molecule has 0 saturated carbocycles. The molecule has 82 valence electrons. The summed E-state index contributed by atoms with van der Waals surface area (Å²) >= 11 is 0. The van der Waals surface area contributed by atoms with E-state index in [1.165, 1.54) is 12.8 Å². The molecule has 0 radical (unpaired) electrons. The second kappa shape index (κ2) is 12.6. The van der Waals surface area contributed by atoms with Gasteiger partial charge < -0.3 is 15.2 Å². The molecule has 0 atom stereocenters. The molecule has 0 rings (SSSR count). The Morgan fingerprint density at radius 3 is 2.27 bits per heavy atom. The minimum Gasteiger partial charge on any atom is -0.548 e. The third-order valence-corrected chi connectivity index (χ3v) is 1.94. The molecule has 0 aliphatic rings. The average Bonchev–Trinajstić information content (AvgIpc) is 2.14. The molecule has 4 nitrogen and oxygen atoms in total. The largest absolute Gasteiger partial charge is 1.00 e. The van der Waals surface area contributed by atoms with Crippen molar-refractivity contribution >= 4 is 11.9 Å². The van der Waals surface area contributed by atoms with Crippen LogP contribution in [0.25, 0.3) is 0 Å². The van der Waals surface area contributed by atoms with E-state index in [-0.39, 0.29) is 63.8 Å². The molecule has 0 spiro atoms. The first-order chi connectivity index (χ1) is 6.66. The van der Waals surface area contributed by atoms with E-state index in [1.54, 1.807) is 0 Å². The topological polar surface area (TPSA) is 69.2 Å². The average molecular weight is 239 g/mol. The Morgan fingerprint density at radius 1 is 1.13 bits per heavy atom. The van der Waals surface area contributed by atoms with Gasteiger partial charge in [-0.2, -0.15) is 0 Å². The van der Waals surface area contributed by atoms with Crippen LogP contribution in [0.2, 0.25) is 0 Å². The van der Waals surface area contributed by atoms with E-state index in [0.717, 1.165) is 19.3 Å². The molecular weight excluding hydrogens is 221 g/mol. The zero-order valence-corrected chi connectivity index (χ0v) is 12.8. The van der Waals surface area contributed by atoms with Crippen molar-refractivity contribution in [3.05, 3.63) is 0 Å². The van der Waals surface area contributed by atoms with Crippen molar-refractivity contribution in [2.45, 2.75) is 45.4 Å². The molecule has 0 saturated heterocycles. The van der Waals surface area contributed by atoms with Crippen LogP contribution >= 0.6 is 0 Å². The summed E-state index contributed by atoms with van der Waals surface area (Å²) < 4.78 is 0. The van der Waals surface area contributed by atoms with Crippen LogP contribution in [0.1, 0.15) is 45.4 Å². The van der Waals surface area contributed by atoms with Crippen LogP contribution in [0, 0.1) is 0 Å². The van der Waals surface area contributed by atoms with Gasteiger partial charge in [-0.25, -0.2) is 0 Å². The fourth-order valence-corrected chi connectivity index (χ4v) is 1.15. The van der Waals surface area contributed by atoms with Crippen LogP contribution in [0.4, 0.5) is 0 Å². The van der Waals surface area contributed by atoms with E-state index in [0.29, 0.717) is 6.42 Å². The van der Waals surface area contributed by atoms with Crippen molar-refractivity contribution in [2.24, 2.45) is 0 Å². The Bertz CT molecular complexity index is 186. The number of nitrogens with one attached hydrogen (secondary N) is 1. The number of rotatable bonds is 8. The van der Waals surface area contributed by atoms with Gasteiger partial charge in [-0.05, 0) is 6.42 Å². The number of carboxylic acids is 1. The summed E-state index contributed by atoms with van der Waals surface area (Å²) in [6, 6.07) is 0. The van der Waals surface area contributed by atoms with Crippen molar-refractivity contribution < 1.29 is 66.1 Å². The molecule has 5 heteroatoms. The maximum atomic E-state index is 11.0. The van der Waals surface area contributed by atoms with Gasteiger partial charge in [0.1, 0.15) is 0 Å². The summed E-state index contributed by atoms with van der Waals surface area (Å²) in [7, 11) is 0. The van der Waals surface area contributed by atoms with E-state index >= 15 is 0 Å². The van der Waals surface area contributed by atoms with Gasteiger partial charge in [-0.3, -0.25) is 4.79 Å². The second-order valence-electron chi connectivity index (χ2n) is 3.31. The van der Waals surface area contributed by atoms with Crippen molar-refractivity contribution in [3.63, 3.8) is 0 Å². The van der Waals surface area contributed by atoms with E-state index in [9.17, 15) is 14.7 Å². The number of hydrogen-bond acceptors (Lipinski definition) is 3. The van der Waals surface area contributed by atoms with Gasteiger partial charge in [0.2, 0.25) is 5.91 Å². The fourth-order valence-electron chi connectivity index (χ4n) is 1.15. The molecule has 1 N–H and O–H groups in total. The van der Waals surface area contributed by atoms with Crippen molar-refractivity contribution in [1.82, 2.24) is 5.32 Å². The Morgan fingerprint density at radius 2 is 1.73 bits per heavy atom. The van der Waals surface area contributed by atoms with E-state index in [4.69, 9.17) is 0 Å². The first kappa shape index (κ1) is 18.0. The Hall–Kier alpha value is 0.576. The van der Waals surface area contributed by atoms with Gasteiger partial charge in [0.15, 0.2) is 0 Å². The molecule has 0 heterocycles. The standard InChI is InChI=1S/C10H19NO3.K/c1-2-3-4-5-6-7-9(12)11-8-10(13)14;/h2-8H2,1H3,(H,11,12)(H,13,14);/q;+1/p-1. The van der Waals surface area contributed by atoms with Crippen LogP contribution in [0.3, 0.4) is 0 Å². The molecule has 0 aromatic rings. The van der Waals surface area contributed by atoms with Crippen LogP contribution in [0.5, 0.6) is 0 Å². The molecule has 0 fully saturated rings. The van der Waals surface area contributed by atoms with E-state index in [1.807, 2.05) is 0 Å². The molecule has 1 amide bonds. The van der Waals surface area contributed by atoms with Gasteiger partial charge in [-0.15, -0.1) is 0 Å². The minimum atomic E-state index is -1.25. The van der Waals surface area contributed by atoms with Crippen molar-refractivity contribution in [3.8, 4) is 0 Å². The quantitative estimate of drug-likeness (QED) is 0.368. The zero-order chi connectivity index (χ0) is 10.8. The zero-order valence-electron chi connectivity index (χ0n) is 9.67. The molecule has 0 bridgehead atoms. The van der Waals surface area contributed by atoms with Gasteiger partial charge in [0, 0.05) is 6.42 Å². The van der Waals surface area contributed by atoms with Gasteiger partial charge in [-0.1, -0.05) is 32.6 Å². The normalized spacial score (nSPS) is 9.13. The number of carboxylic acid groups (broad SMARTS) is 1. The van der Waals surface area contributed by atoms with Gasteiger partial charge in [0.05, 0.1) is 12.5 Å². The number of hydrogen-bond donors (Lipinski definition) is 1. The van der Waals surface area contributed by atoms with Crippen LogP contribution in [-0.2, 0) is 9.59 Å². The third-order valence-electron chi connectivity index (χ3n) is 1.94.